The van der Waals surface area contributed by atoms with Crippen molar-refractivity contribution in [1.82, 2.24) is 20.2 Å². The van der Waals surface area contributed by atoms with E-state index in [4.69, 9.17) is 10.5 Å². The van der Waals surface area contributed by atoms with Crippen molar-refractivity contribution in [3.8, 4) is 17.1 Å². The van der Waals surface area contributed by atoms with Gasteiger partial charge in [-0.05, 0) is 40.8 Å². The molecule has 6 nitrogen and oxygen atoms in total. The predicted molar refractivity (Wildman–Crippen MR) is 80.9 cm³/mol. The van der Waals surface area contributed by atoms with Crippen LogP contribution in [0, 0.1) is 5.41 Å². The van der Waals surface area contributed by atoms with Crippen LogP contribution < -0.4 is 10.5 Å². The Morgan fingerprint density at radius 2 is 2.19 bits per heavy atom. The van der Waals surface area contributed by atoms with Crippen LogP contribution in [0.1, 0.15) is 39.2 Å². The topological polar surface area (TPSA) is 78.8 Å². The van der Waals surface area contributed by atoms with Gasteiger partial charge in [-0.3, -0.25) is 0 Å². The van der Waals surface area contributed by atoms with Crippen LogP contribution in [0.3, 0.4) is 0 Å². The molecule has 1 saturated carbocycles. The lowest BCUT2D eigenvalue weighted by Gasteiger charge is -2.27. The first-order valence-electron chi connectivity index (χ1n) is 7.25. The minimum absolute atomic E-state index is 0.192. The molecule has 6 heteroatoms. The van der Waals surface area contributed by atoms with Crippen molar-refractivity contribution in [3.05, 3.63) is 18.2 Å². The zero-order valence-corrected chi connectivity index (χ0v) is 12.7. The van der Waals surface area contributed by atoms with Gasteiger partial charge in [-0.15, -0.1) is 5.10 Å². The Bertz CT molecular complexity index is 649. The van der Waals surface area contributed by atoms with E-state index in [1.807, 2.05) is 22.9 Å². The fourth-order valence-electron chi connectivity index (χ4n) is 3.30. The number of benzene rings is 1. The van der Waals surface area contributed by atoms with E-state index in [1.54, 1.807) is 7.11 Å². The van der Waals surface area contributed by atoms with Crippen molar-refractivity contribution in [2.24, 2.45) is 5.41 Å². The lowest BCUT2D eigenvalue weighted by atomic mass is 9.87. The van der Waals surface area contributed by atoms with Crippen LogP contribution in [-0.4, -0.2) is 27.3 Å². The molecule has 112 valence electrons. The van der Waals surface area contributed by atoms with Crippen molar-refractivity contribution >= 4 is 5.69 Å². The van der Waals surface area contributed by atoms with Gasteiger partial charge in [0.15, 0.2) is 11.6 Å². The molecule has 1 aromatic heterocycles. The Kier molecular flexibility index (Phi) is 3.31. The van der Waals surface area contributed by atoms with Gasteiger partial charge >= 0.3 is 0 Å². The zero-order valence-electron chi connectivity index (χ0n) is 12.7. The smallest absolute Gasteiger partial charge is 0.186 e. The molecule has 1 atom stereocenters. The van der Waals surface area contributed by atoms with Crippen LogP contribution in [0.15, 0.2) is 18.2 Å². The molecule has 0 bridgehead atoms. The molecular weight excluding hydrogens is 266 g/mol. The lowest BCUT2D eigenvalue weighted by Crippen LogP contribution is -2.23. The highest BCUT2D eigenvalue weighted by molar-refractivity contribution is 5.73. The van der Waals surface area contributed by atoms with Crippen molar-refractivity contribution < 1.29 is 4.74 Å². The SMILES string of the molecule is COc1c(N)cccc1-c1nnnn1C1CCCC1(C)C. The van der Waals surface area contributed by atoms with E-state index >= 15 is 0 Å². The van der Waals surface area contributed by atoms with Crippen LogP contribution in [0.25, 0.3) is 11.4 Å². The number of anilines is 1. The number of methoxy groups -OCH3 is 1. The maximum Gasteiger partial charge on any atom is 0.186 e. The van der Waals surface area contributed by atoms with E-state index in [-0.39, 0.29) is 5.41 Å². The van der Waals surface area contributed by atoms with Gasteiger partial charge < -0.3 is 10.5 Å². The summed E-state index contributed by atoms with van der Waals surface area (Å²) in [6, 6.07) is 5.95. The van der Waals surface area contributed by atoms with E-state index in [2.05, 4.69) is 29.4 Å². The molecule has 0 radical (unpaired) electrons. The molecular formula is C15H21N5O. The largest absolute Gasteiger partial charge is 0.494 e. The van der Waals surface area contributed by atoms with Crippen LogP contribution in [-0.2, 0) is 0 Å². The molecule has 0 saturated heterocycles. The number of tetrazole rings is 1. The van der Waals surface area contributed by atoms with Crippen molar-refractivity contribution in [1.29, 1.82) is 0 Å². The Balaban J connectivity index is 2.10. The summed E-state index contributed by atoms with van der Waals surface area (Å²) in [6.07, 6.45) is 3.48. The van der Waals surface area contributed by atoms with E-state index in [0.717, 1.165) is 17.8 Å². The Labute approximate surface area is 124 Å². The van der Waals surface area contributed by atoms with Crippen LogP contribution in [0.2, 0.25) is 0 Å². The van der Waals surface area contributed by atoms with Gasteiger partial charge in [0.2, 0.25) is 0 Å². The van der Waals surface area contributed by atoms with Crippen LogP contribution >= 0.6 is 0 Å². The van der Waals surface area contributed by atoms with Crippen LogP contribution in [0.5, 0.6) is 5.75 Å². The molecule has 2 N–H and O–H groups in total. The van der Waals surface area contributed by atoms with Crippen LogP contribution in [0.4, 0.5) is 5.69 Å². The fraction of sp³-hybridized carbons (Fsp3) is 0.533. The lowest BCUT2D eigenvalue weighted by molar-refractivity contribution is 0.242. The van der Waals surface area contributed by atoms with Crippen molar-refractivity contribution in [2.75, 3.05) is 12.8 Å². The maximum absolute atomic E-state index is 5.99. The molecule has 1 heterocycles. The van der Waals surface area contributed by atoms with Gasteiger partial charge in [-0.25, -0.2) is 4.68 Å². The maximum atomic E-state index is 5.99. The van der Waals surface area contributed by atoms with E-state index in [9.17, 15) is 0 Å². The zero-order chi connectivity index (χ0) is 15.0. The summed E-state index contributed by atoms with van der Waals surface area (Å²) in [5.74, 6) is 1.35. The number of aromatic nitrogens is 4. The fourth-order valence-corrected chi connectivity index (χ4v) is 3.30. The molecule has 1 unspecified atom stereocenters. The number of rotatable bonds is 3. The second kappa shape index (κ2) is 5.02. The number of ether oxygens (including phenoxy) is 1. The van der Waals surface area contributed by atoms with Crippen molar-refractivity contribution in [2.45, 2.75) is 39.2 Å². The summed E-state index contributed by atoms with van der Waals surface area (Å²) in [7, 11) is 1.61. The first-order chi connectivity index (χ1) is 10.0. The number of hydrogen-bond acceptors (Lipinski definition) is 5. The third-order valence-corrected chi connectivity index (χ3v) is 4.48. The predicted octanol–water partition coefficient (Wildman–Crippen LogP) is 2.68. The number of nitrogens with zero attached hydrogens (tertiary/aromatic N) is 4. The number of hydrogen-bond donors (Lipinski definition) is 1. The van der Waals surface area contributed by atoms with E-state index < -0.39 is 0 Å². The number of nitrogens with two attached hydrogens (primary N) is 1. The number of para-hydroxylation sites is 1. The third kappa shape index (κ3) is 2.24. The standard InChI is InChI=1S/C15H21N5O/c1-15(2)9-5-8-12(15)20-14(17-18-19-20)10-6-4-7-11(16)13(10)21-3/h4,6-7,12H,5,8-9,16H2,1-3H3. The first-order valence-corrected chi connectivity index (χ1v) is 7.25. The normalized spacial score (nSPS) is 20.6. The summed E-state index contributed by atoms with van der Waals surface area (Å²) in [5, 5.41) is 12.3. The summed E-state index contributed by atoms with van der Waals surface area (Å²) in [4.78, 5) is 0. The first kappa shape index (κ1) is 13.9. The van der Waals surface area contributed by atoms with E-state index in [1.165, 1.54) is 12.8 Å². The third-order valence-electron chi connectivity index (χ3n) is 4.48. The summed E-state index contributed by atoms with van der Waals surface area (Å²) >= 11 is 0. The van der Waals surface area contributed by atoms with Gasteiger partial charge in [0.25, 0.3) is 0 Å². The van der Waals surface area contributed by atoms with Crippen molar-refractivity contribution in [3.63, 3.8) is 0 Å². The second-order valence-corrected chi connectivity index (χ2v) is 6.27. The average Bonchev–Trinajstić information content (AvgIpc) is 3.03. The molecule has 21 heavy (non-hydrogen) atoms. The quantitative estimate of drug-likeness (QED) is 0.878. The molecule has 3 rings (SSSR count). The molecule has 1 fully saturated rings. The highest BCUT2D eigenvalue weighted by Crippen LogP contribution is 2.47. The summed E-state index contributed by atoms with van der Waals surface area (Å²) in [6.45, 7) is 4.54. The Morgan fingerprint density at radius 3 is 2.86 bits per heavy atom. The highest BCUT2D eigenvalue weighted by Gasteiger charge is 2.38. The molecule has 2 aromatic rings. The monoisotopic (exact) mass is 287 g/mol. The molecule has 0 aliphatic heterocycles. The Morgan fingerprint density at radius 1 is 1.38 bits per heavy atom. The summed E-state index contributed by atoms with van der Waals surface area (Å²) in [5.41, 5.74) is 7.62. The molecule has 0 amide bonds. The highest BCUT2D eigenvalue weighted by atomic mass is 16.5. The van der Waals surface area contributed by atoms with Gasteiger partial charge in [-0.2, -0.15) is 0 Å². The Hall–Kier alpha value is -2.11. The van der Waals surface area contributed by atoms with Gasteiger partial charge in [-0.1, -0.05) is 26.3 Å². The van der Waals surface area contributed by atoms with Gasteiger partial charge in [0.05, 0.1) is 24.4 Å². The van der Waals surface area contributed by atoms with E-state index in [0.29, 0.717) is 17.5 Å². The van der Waals surface area contributed by atoms with Gasteiger partial charge in [0.1, 0.15) is 0 Å². The number of nitrogen functional groups attached to an aromatic ring is 1. The molecule has 1 aromatic carbocycles. The average molecular weight is 287 g/mol. The van der Waals surface area contributed by atoms with Gasteiger partial charge in [0, 0.05) is 0 Å². The second-order valence-electron chi connectivity index (χ2n) is 6.27. The minimum atomic E-state index is 0.192. The molecule has 0 spiro atoms. The molecule has 1 aliphatic carbocycles. The summed E-state index contributed by atoms with van der Waals surface area (Å²) < 4.78 is 7.37. The molecule has 1 aliphatic rings. The minimum Gasteiger partial charge on any atom is -0.494 e.